The molecule has 74 valence electrons. The monoisotopic (exact) mass is 272 g/mol. The molecule has 1 aromatic rings. The molecule has 0 saturated heterocycles. The summed E-state index contributed by atoms with van der Waals surface area (Å²) in [6.07, 6.45) is 0. The van der Waals surface area contributed by atoms with Crippen LogP contribution in [0.2, 0.25) is 5.02 Å². The van der Waals surface area contributed by atoms with Crippen molar-refractivity contribution in [2.45, 2.75) is 0 Å². The third kappa shape index (κ3) is 2.35. The number of hydrogen-bond donors (Lipinski definition) is 1. The van der Waals surface area contributed by atoms with E-state index in [0.29, 0.717) is 0 Å². The molecule has 0 aliphatic carbocycles. The summed E-state index contributed by atoms with van der Waals surface area (Å²) < 4.78 is 0.994. The van der Waals surface area contributed by atoms with Crippen molar-refractivity contribution in [3.8, 4) is 0 Å². The molecule has 2 rings (SSSR count). The average molecular weight is 274 g/mol. The van der Waals surface area contributed by atoms with E-state index in [1.807, 2.05) is 18.2 Å². The molecule has 1 aliphatic heterocycles. The Morgan fingerprint density at radius 1 is 1.36 bits per heavy atom. The van der Waals surface area contributed by atoms with Gasteiger partial charge in [0.1, 0.15) is 0 Å². The van der Waals surface area contributed by atoms with Crippen LogP contribution in [0, 0.1) is 0 Å². The van der Waals surface area contributed by atoms with Gasteiger partial charge in [0, 0.05) is 22.6 Å². The lowest BCUT2D eigenvalue weighted by molar-refractivity contribution is 0.737. The topological polar surface area (TPSA) is 24.4 Å². The summed E-state index contributed by atoms with van der Waals surface area (Å²) in [7, 11) is 0. The van der Waals surface area contributed by atoms with Crippen LogP contribution in [0.1, 0.15) is 5.56 Å². The van der Waals surface area contributed by atoms with E-state index < -0.39 is 0 Å². The largest absolute Gasteiger partial charge is 0.309 e. The quantitative estimate of drug-likeness (QED) is 0.835. The summed E-state index contributed by atoms with van der Waals surface area (Å²) in [5, 5.41) is 4.02. The van der Waals surface area contributed by atoms with E-state index in [1.54, 1.807) is 0 Å². The van der Waals surface area contributed by atoms with Crippen LogP contribution < -0.4 is 5.32 Å². The Bertz CT molecular complexity index is 356. The van der Waals surface area contributed by atoms with Crippen molar-refractivity contribution in [3.63, 3.8) is 0 Å². The fraction of sp³-hybridized carbons (Fsp3) is 0.300. The molecule has 1 aromatic carbocycles. The molecule has 0 saturated carbocycles. The number of aliphatic imine (C=N–C) groups is 1. The normalized spacial score (nSPS) is 16.6. The first-order chi connectivity index (χ1) is 6.75. The molecule has 1 heterocycles. The maximum Gasteiger partial charge on any atom is 0.0560 e. The Balaban J connectivity index is 2.35. The first kappa shape index (κ1) is 10.1. The first-order valence-corrected chi connectivity index (χ1v) is 5.63. The summed E-state index contributed by atoms with van der Waals surface area (Å²) in [4.78, 5) is 4.46. The summed E-state index contributed by atoms with van der Waals surface area (Å²) in [6, 6.07) is 5.86. The smallest absolute Gasteiger partial charge is 0.0560 e. The van der Waals surface area contributed by atoms with Crippen LogP contribution in [0.4, 0.5) is 0 Å². The van der Waals surface area contributed by atoms with Crippen molar-refractivity contribution in [2.24, 2.45) is 4.99 Å². The van der Waals surface area contributed by atoms with Crippen LogP contribution in [-0.4, -0.2) is 25.3 Å². The fourth-order valence-electron chi connectivity index (χ4n) is 1.45. The number of hydrogen-bond acceptors (Lipinski definition) is 2. The zero-order valence-corrected chi connectivity index (χ0v) is 9.90. The summed E-state index contributed by atoms with van der Waals surface area (Å²) in [6.45, 7) is 2.64. The molecular formula is C10H10BrClN2. The molecule has 0 spiro atoms. The van der Waals surface area contributed by atoms with Crippen molar-refractivity contribution in [1.29, 1.82) is 0 Å². The Morgan fingerprint density at radius 2 is 2.21 bits per heavy atom. The van der Waals surface area contributed by atoms with E-state index in [2.05, 4.69) is 26.2 Å². The Labute approximate surface area is 96.5 Å². The van der Waals surface area contributed by atoms with Gasteiger partial charge in [-0.15, -0.1) is 0 Å². The van der Waals surface area contributed by atoms with E-state index >= 15 is 0 Å². The molecule has 0 aromatic heterocycles. The summed E-state index contributed by atoms with van der Waals surface area (Å²) >= 11 is 9.38. The van der Waals surface area contributed by atoms with E-state index in [0.717, 1.165) is 40.4 Å². The minimum Gasteiger partial charge on any atom is -0.309 e. The highest BCUT2D eigenvalue weighted by atomic mass is 79.9. The molecular weight excluding hydrogens is 263 g/mol. The molecule has 4 heteroatoms. The maximum atomic E-state index is 5.96. The molecule has 1 N–H and O–H groups in total. The van der Waals surface area contributed by atoms with Crippen LogP contribution in [0.3, 0.4) is 0 Å². The van der Waals surface area contributed by atoms with Gasteiger partial charge in [0.15, 0.2) is 0 Å². The first-order valence-electron chi connectivity index (χ1n) is 4.46. The van der Waals surface area contributed by atoms with E-state index in [-0.39, 0.29) is 0 Å². The van der Waals surface area contributed by atoms with Gasteiger partial charge >= 0.3 is 0 Å². The van der Waals surface area contributed by atoms with Crippen molar-refractivity contribution in [2.75, 3.05) is 19.6 Å². The van der Waals surface area contributed by atoms with Gasteiger partial charge in [0.25, 0.3) is 0 Å². The molecule has 0 radical (unpaired) electrons. The molecule has 0 amide bonds. The minimum atomic E-state index is 0.739. The zero-order valence-electron chi connectivity index (χ0n) is 7.56. The van der Waals surface area contributed by atoms with E-state index in [4.69, 9.17) is 11.6 Å². The number of rotatable bonds is 1. The predicted molar refractivity (Wildman–Crippen MR) is 63.4 cm³/mol. The lowest BCUT2D eigenvalue weighted by Crippen LogP contribution is -2.31. The van der Waals surface area contributed by atoms with Crippen molar-refractivity contribution in [3.05, 3.63) is 33.3 Å². The van der Waals surface area contributed by atoms with Gasteiger partial charge in [0.2, 0.25) is 0 Å². The van der Waals surface area contributed by atoms with Crippen LogP contribution in [0.5, 0.6) is 0 Å². The molecule has 1 aliphatic rings. The lowest BCUT2D eigenvalue weighted by atomic mass is 10.1. The van der Waals surface area contributed by atoms with Gasteiger partial charge < -0.3 is 5.32 Å². The number of halogens is 2. The highest BCUT2D eigenvalue weighted by molar-refractivity contribution is 9.10. The van der Waals surface area contributed by atoms with Gasteiger partial charge in [-0.25, -0.2) is 0 Å². The van der Waals surface area contributed by atoms with Crippen LogP contribution in [0.15, 0.2) is 27.7 Å². The number of benzene rings is 1. The van der Waals surface area contributed by atoms with E-state index in [1.165, 1.54) is 0 Å². The molecule has 0 atom stereocenters. The Hall–Kier alpha value is -0.380. The Kier molecular flexibility index (Phi) is 3.21. The third-order valence-electron chi connectivity index (χ3n) is 2.08. The van der Waals surface area contributed by atoms with Crippen molar-refractivity contribution >= 4 is 33.2 Å². The summed E-state index contributed by atoms with van der Waals surface area (Å²) in [5.74, 6) is 0. The molecule has 0 bridgehead atoms. The van der Waals surface area contributed by atoms with Gasteiger partial charge in [-0.2, -0.15) is 0 Å². The maximum absolute atomic E-state index is 5.96. The number of nitrogens with zero attached hydrogens (tertiary/aromatic N) is 1. The van der Waals surface area contributed by atoms with Gasteiger partial charge in [0.05, 0.1) is 12.3 Å². The van der Waals surface area contributed by atoms with Crippen molar-refractivity contribution in [1.82, 2.24) is 5.32 Å². The standard InChI is InChI=1S/C10H10BrClN2/c11-8-3-7(4-9(12)5-8)10-6-13-1-2-14-10/h3-5,13H,1-2,6H2. The highest BCUT2D eigenvalue weighted by Crippen LogP contribution is 2.20. The lowest BCUT2D eigenvalue weighted by Gasteiger charge is -2.13. The van der Waals surface area contributed by atoms with E-state index in [9.17, 15) is 0 Å². The van der Waals surface area contributed by atoms with Gasteiger partial charge in [-0.1, -0.05) is 27.5 Å². The second-order valence-corrected chi connectivity index (χ2v) is 4.52. The second kappa shape index (κ2) is 4.43. The van der Waals surface area contributed by atoms with Crippen LogP contribution in [0.25, 0.3) is 0 Å². The molecule has 2 nitrogen and oxygen atoms in total. The molecule has 0 unspecified atom stereocenters. The van der Waals surface area contributed by atoms with Gasteiger partial charge in [-0.05, 0) is 23.8 Å². The molecule has 14 heavy (non-hydrogen) atoms. The van der Waals surface area contributed by atoms with Crippen LogP contribution in [-0.2, 0) is 0 Å². The number of nitrogens with one attached hydrogen (secondary N) is 1. The minimum absolute atomic E-state index is 0.739. The van der Waals surface area contributed by atoms with Crippen LogP contribution >= 0.6 is 27.5 Å². The predicted octanol–water partition coefficient (Wildman–Crippen LogP) is 2.49. The van der Waals surface area contributed by atoms with Crippen molar-refractivity contribution < 1.29 is 0 Å². The SMILES string of the molecule is Clc1cc(Br)cc(C2=NCCNC2)c1. The second-order valence-electron chi connectivity index (χ2n) is 3.16. The van der Waals surface area contributed by atoms with Gasteiger partial charge in [-0.3, -0.25) is 4.99 Å². The fourth-order valence-corrected chi connectivity index (χ4v) is 2.31. The third-order valence-corrected chi connectivity index (χ3v) is 2.76. The summed E-state index contributed by atoms with van der Waals surface area (Å²) in [5.41, 5.74) is 2.18. The zero-order chi connectivity index (χ0) is 9.97. The Morgan fingerprint density at radius 3 is 2.86 bits per heavy atom. The molecule has 0 fully saturated rings. The highest BCUT2D eigenvalue weighted by Gasteiger charge is 2.08. The average Bonchev–Trinajstić information content (AvgIpc) is 2.18.